The molecule has 0 aliphatic carbocycles. The van der Waals surface area contributed by atoms with Crippen molar-refractivity contribution in [3.63, 3.8) is 0 Å². The lowest BCUT2D eigenvalue weighted by atomic mass is 10.0. The number of rotatable bonds is 7. The number of hydrogen-bond donors (Lipinski definition) is 1. The number of nitrogens with one attached hydrogen (secondary N) is 1. The molecular formula is C27H28N4O3S. The van der Waals surface area contributed by atoms with Crippen molar-refractivity contribution < 1.29 is 9.53 Å². The van der Waals surface area contributed by atoms with Crippen molar-refractivity contribution in [1.82, 2.24) is 19.8 Å². The van der Waals surface area contributed by atoms with Crippen molar-refractivity contribution in [3.05, 3.63) is 88.5 Å². The van der Waals surface area contributed by atoms with Gasteiger partial charge in [-0.3, -0.25) is 19.1 Å². The third-order valence-electron chi connectivity index (χ3n) is 6.25. The maximum absolute atomic E-state index is 13.1. The summed E-state index contributed by atoms with van der Waals surface area (Å²) in [5, 5.41) is 3.68. The number of hydrogen-bond acceptors (Lipinski definition) is 6. The molecule has 180 valence electrons. The Balaban J connectivity index is 1.34. The minimum absolute atomic E-state index is 0.0796. The minimum Gasteiger partial charge on any atom is -0.379 e. The molecule has 0 saturated carbocycles. The number of carbonyl (C=O) groups excluding carboxylic acids is 1. The van der Waals surface area contributed by atoms with Crippen molar-refractivity contribution in [2.24, 2.45) is 0 Å². The summed E-state index contributed by atoms with van der Waals surface area (Å²) in [5.74, 6) is -0.217. The summed E-state index contributed by atoms with van der Waals surface area (Å²) in [6.45, 7) is 5.71. The van der Waals surface area contributed by atoms with E-state index in [1.807, 2.05) is 43.3 Å². The van der Waals surface area contributed by atoms with Crippen molar-refractivity contribution >= 4 is 27.5 Å². The van der Waals surface area contributed by atoms with E-state index in [0.717, 1.165) is 29.1 Å². The molecule has 1 saturated heterocycles. The summed E-state index contributed by atoms with van der Waals surface area (Å²) >= 11 is 1.48. The molecule has 1 unspecified atom stereocenters. The van der Waals surface area contributed by atoms with E-state index in [-0.39, 0.29) is 24.1 Å². The van der Waals surface area contributed by atoms with Gasteiger partial charge in [0.1, 0.15) is 11.4 Å². The lowest BCUT2D eigenvalue weighted by molar-refractivity contribution is -0.122. The summed E-state index contributed by atoms with van der Waals surface area (Å²) in [6.07, 6.45) is 1.47. The fourth-order valence-corrected chi connectivity index (χ4v) is 5.28. The molecule has 1 aliphatic rings. The highest BCUT2D eigenvalue weighted by Crippen LogP contribution is 2.30. The Morgan fingerprint density at radius 3 is 2.60 bits per heavy atom. The van der Waals surface area contributed by atoms with Crippen LogP contribution in [-0.2, 0) is 16.1 Å². The molecular weight excluding hydrogens is 460 g/mol. The predicted molar refractivity (Wildman–Crippen MR) is 139 cm³/mol. The van der Waals surface area contributed by atoms with Gasteiger partial charge in [0.2, 0.25) is 5.91 Å². The standard InChI is InChI=1S/C27H28N4O3S/c1-19-7-9-20(10-8-19)23(16-30-11-13-34-14-12-30)29-25(32)17-31-18-28-26-22(27(31)33)15-24(35-26)21-5-3-2-4-6-21/h2-10,15,18,23H,11-14,16-17H2,1H3,(H,29,32). The number of thiophene rings is 1. The number of fused-ring (bicyclic) bond motifs is 1. The Kier molecular flexibility index (Phi) is 7.03. The second-order valence-corrected chi connectivity index (χ2v) is 9.85. The van der Waals surface area contributed by atoms with Crippen LogP contribution in [0.1, 0.15) is 17.2 Å². The zero-order valence-electron chi connectivity index (χ0n) is 19.6. The molecule has 1 aliphatic heterocycles. The Morgan fingerprint density at radius 2 is 1.86 bits per heavy atom. The number of morpholine rings is 1. The molecule has 1 fully saturated rings. The van der Waals surface area contributed by atoms with E-state index in [2.05, 4.69) is 39.5 Å². The van der Waals surface area contributed by atoms with Gasteiger partial charge in [0.05, 0.1) is 31.0 Å². The van der Waals surface area contributed by atoms with E-state index in [4.69, 9.17) is 4.74 Å². The van der Waals surface area contributed by atoms with Crippen LogP contribution < -0.4 is 10.9 Å². The molecule has 4 aromatic rings. The lowest BCUT2D eigenvalue weighted by Gasteiger charge is -2.31. The highest BCUT2D eigenvalue weighted by molar-refractivity contribution is 7.21. The highest BCUT2D eigenvalue weighted by Gasteiger charge is 2.21. The van der Waals surface area contributed by atoms with Gasteiger partial charge in [-0.1, -0.05) is 60.2 Å². The monoisotopic (exact) mass is 488 g/mol. The maximum Gasteiger partial charge on any atom is 0.262 e. The fourth-order valence-electron chi connectivity index (χ4n) is 4.29. The van der Waals surface area contributed by atoms with Gasteiger partial charge in [0.25, 0.3) is 5.56 Å². The average Bonchev–Trinajstić information content (AvgIpc) is 3.32. The molecule has 3 heterocycles. The van der Waals surface area contributed by atoms with E-state index in [1.165, 1.54) is 27.8 Å². The molecule has 1 atom stereocenters. The third kappa shape index (κ3) is 5.51. The van der Waals surface area contributed by atoms with Crippen molar-refractivity contribution in [1.29, 1.82) is 0 Å². The normalized spacial score (nSPS) is 15.2. The summed E-state index contributed by atoms with van der Waals surface area (Å²) in [4.78, 5) is 34.6. The van der Waals surface area contributed by atoms with Gasteiger partial charge in [-0.2, -0.15) is 0 Å². The minimum atomic E-state index is -0.217. The van der Waals surface area contributed by atoms with Crippen LogP contribution in [-0.4, -0.2) is 53.2 Å². The predicted octanol–water partition coefficient (Wildman–Crippen LogP) is 3.62. The number of aromatic nitrogens is 2. The third-order valence-corrected chi connectivity index (χ3v) is 7.34. The second-order valence-electron chi connectivity index (χ2n) is 8.82. The quantitative estimate of drug-likeness (QED) is 0.430. The average molecular weight is 489 g/mol. The lowest BCUT2D eigenvalue weighted by Crippen LogP contribution is -2.44. The van der Waals surface area contributed by atoms with Gasteiger partial charge < -0.3 is 10.1 Å². The first-order valence-corrected chi connectivity index (χ1v) is 12.6. The zero-order valence-corrected chi connectivity index (χ0v) is 20.5. The molecule has 35 heavy (non-hydrogen) atoms. The molecule has 5 rings (SSSR count). The van der Waals surface area contributed by atoms with Crippen molar-refractivity contribution in [3.8, 4) is 10.4 Å². The Hall–Kier alpha value is -3.33. The molecule has 8 heteroatoms. The van der Waals surface area contributed by atoms with E-state index in [0.29, 0.717) is 30.0 Å². The second kappa shape index (κ2) is 10.5. The first-order chi connectivity index (χ1) is 17.1. The van der Waals surface area contributed by atoms with Gasteiger partial charge in [-0.15, -0.1) is 11.3 Å². The van der Waals surface area contributed by atoms with Crippen LogP contribution in [0.4, 0.5) is 0 Å². The summed E-state index contributed by atoms with van der Waals surface area (Å²) in [7, 11) is 0. The zero-order chi connectivity index (χ0) is 24.2. The van der Waals surface area contributed by atoms with Crippen LogP contribution in [0.15, 0.2) is 71.8 Å². The SMILES string of the molecule is Cc1ccc(C(CN2CCOCC2)NC(=O)Cn2cnc3sc(-c4ccccc4)cc3c2=O)cc1. The molecule has 0 radical (unpaired) electrons. The van der Waals surface area contributed by atoms with Gasteiger partial charge >= 0.3 is 0 Å². The largest absolute Gasteiger partial charge is 0.379 e. The molecule has 2 aromatic carbocycles. The first kappa shape index (κ1) is 23.4. The molecule has 0 bridgehead atoms. The summed E-state index contributed by atoms with van der Waals surface area (Å²) in [5.41, 5.74) is 3.05. The van der Waals surface area contributed by atoms with Crippen LogP contribution in [0.3, 0.4) is 0 Å². The molecule has 2 aromatic heterocycles. The molecule has 7 nitrogen and oxygen atoms in total. The van der Waals surface area contributed by atoms with Crippen LogP contribution in [0.5, 0.6) is 0 Å². The Labute approximate surface area is 208 Å². The summed E-state index contributed by atoms with van der Waals surface area (Å²) < 4.78 is 6.86. The van der Waals surface area contributed by atoms with Crippen LogP contribution in [0, 0.1) is 6.92 Å². The number of carbonyl (C=O) groups is 1. The van der Waals surface area contributed by atoms with E-state index < -0.39 is 0 Å². The number of aryl methyl sites for hydroxylation is 1. The van der Waals surface area contributed by atoms with Gasteiger partial charge in [-0.05, 0) is 24.1 Å². The molecule has 1 N–H and O–H groups in total. The van der Waals surface area contributed by atoms with Gasteiger partial charge in [0.15, 0.2) is 0 Å². The van der Waals surface area contributed by atoms with E-state index >= 15 is 0 Å². The fraction of sp³-hybridized carbons (Fsp3) is 0.296. The Morgan fingerprint density at radius 1 is 1.11 bits per heavy atom. The number of nitrogens with zero attached hydrogens (tertiary/aromatic N) is 3. The van der Waals surface area contributed by atoms with Gasteiger partial charge in [0, 0.05) is 24.5 Å². The number of amides is 1. The maximum atomic E-state index is 13.1. The van der Waals surface area contributed by atoms with Gasteiger partial charge in [-0.25, -0.2) is 4.98 Å². The Bertz CT molecular complexity index is 1360. The van der Waals surface area contributed by atoms with E-state index in [1.54, 1.807) is 0 Å². The van der Waals surface area contributed by atoms with Crippen molar-refractivity contribution in [2.75, 3.05) is 32.8 Å². The molecule has 0 spiro atoms. The number of ether oxygens (including phenoxy) is 1. The molecule has 1 amide bonds. The van der Waals surface area contributed by atoms with Crippen LogP contribution >= 0.6 is 11.3 Å². The van der Waals surface area contributed by atoms with Crippen LogP contribution in [0.25, 0.3) is 20.7 Å². The highest BCUT2D eigenvalue weighted by atomic mass is 32.1. The van der Waals surface area contributed by atoms with Crippen molar-refractivity contribution in [2.45, 2.75) is 19.5 Å². The number of benzene rings is 2. The first-order valence-electron chi connectivity index (χ1n) is 11.8. The van der Waals surface area contributed by atoms with E-state index in [9.17, 15) is 9.59 Å². The van der Waals surface area contributed by atoms with Crippen LogP contribution in [0.2, 0.25) is 0 Å². The topological polar surface area (TPSA) is 76.5 Å². The smallest absolute Gasteiger partial charge is 0.262 e. The summed E-state index contributed by atoms with van der Waals surface area (Å²) in [6, 6.07) is 19.8.